The summed E-state index contributed by atoms with van der Waals surface area (Å²) in [7, 11) is 0. The zero-order chi connectivity index (χ0) is 38.6. The molecule has 0 radical (unpaired) electrons. The summed E-state index contributed by atoms with van der Waals surface area (Å²) < 4.78 is 1.97. The molecule has 1 amide bonds. The van der Waals surface area contributed by atoms with Crippen LogP contribution in [0, 0.1) is 0 Å². The molecule has 0 saturated carbocycles. The third kappa shape index (κ3) is 7.50. The Morgan fingerprint density at radius 2 is 1.46 bits per heavy atom. The maximum atomic E-state index is 12.8. The van der Waals surface area contributed by atoms with Crippen LogP contribution in [0.15, 0.2) is 128 Å². The first-order valence-corrected chi connectivity index (χ1v) is 17.7. The van der Waals surface area contributed by atoms with Crippen molar-refractivity contribution in [2.75, 3.05) is 18.0 Å². The number of carboxylic acid groups (broad SMARTS) is 3. The molecule has 0 aromatic heterocycles. The Labute approximate surface area is 313 Å². The average Bonchev–Trinajstić information content (AvgIpc) is 3.54. The molecule has 10 heteroatoms. The molecule has 0 saturated heterocycles. The van der Waals surface area contributed by atoms with Crippen LogP contribution in [0.25, 0.3) is 27.1 Å². The first-order chi connectivity index (χ1) is 25.9. The number of hydrogen-bond donors (Lipinski definition) is 4. The van der Waals surface area contributed by atoms with Gasteiger partial charge in [-0.1, -0.05) is 105 Å². The Kier molecular flexibility index (Phi) is 10.7. The van der Waals surface area contributed by atoms with Crippen LogP contribution in [0.3, 0.4) is 0 Å². The van der Waals surface area contributed by atoms with E-state index >= 15 is 0 Å². The van der Waals surface area contributed by atoms with Gasteiger partial charge in [-0.05, 0) is 45.3 Å². The molecule has 1 unspecified atom stereocenters. The number of hydrogen-bond acceptors (Lipinski definition) is 5. The van der Waals surface area contributed by atoms with E-state index in [1.165, 1.54) is 5.56 Å². The van der Waals surface area contributed by atoms with Gasteiger partial charge in [0.15, 0.2) is 6.54 Å². The number of aliphatic carboxylic acids is 3. The van der Waals surface area contributed by atoms with Gasteiger partial charge in [-0.25, -0.2) is 4.79 Å². The molecule has 6 rings (SSSR count). The number of fused-ring (bicyclic) bond motifs is 6. The minimum Gasteiger partial charge on any atom is -0.481 e. The molecule has 2 aliphatic heterocycles. The van der Waals surface area contributed by atoms with E-state index in [1.54, 1.807) is 0 Å². The Balaban J connectivity index is 1.24. The molecule has 4 aromatic rings. The summed E-state index contributed by atoms with van der Waals surface area (Å²) in [6, 6.07) is 22.8. The molecular weight excluding hydrogens is 682 g/mol. The number of carboxylic acids is 3. The molecule has 0 aliphatic carbocycles. The third-order valence-corrected chi connectivity index (χ3v) is 9.93. The number of nitrogens with one attached hydrogen (secondary N) is 1. The summed E-state index contributed by atoms with van der Waals surface area (Å²) in [6.07, 6.45) is 12.7. The quantitative estimate of drug-likeness (QED) is 0.0779. The molecule has 0 spiro atoms. The monoisotopic (exact) mass is 724 g/mol. The summed E-state index contributed by atoms with van der Waals surface area (Å²) in [4.78, 5) is 49.2. The lowest BCUT2D eigenvalue weighted by molar-refractivity contribution is -0.434. The Morgan fingerprint density at radius 1 is 0.815 bits per heavy atom. The minimum atomic E-state index is -1.53. The number of allylic oxidation sites excluding steroid dienone is 9. The molecular formula is C44H42N3O7+. The minimum absolute atomic E-state index is 0.00709. The molecule has 0 fully saturated rings. The van der Waals surface area contributed by atoms with E-state index in [0.717, 1.165) is 55.5 Å². The topological polar surface area (TPSA) is 147 Å². The zero-order valence-electron chi connectivity index (χ0n) is 30.2. The number of benzene rings is 4. The smallest absolute Gasteiger partial charge is 0.326 e. The van der Waals surface area contributed by atoms with Crippen molar-refractivity contribution < 1.29 is 39.1 Å². The predicted molar refractivity (Wildman–Crippen MR) is 211 cm³/mol. The van der Waals surface area contributed by atoms with Gasteiger partial charge in [0.25, 0.3) is 0 Å². The molecule has 4 aromatic carbocycles. The van der Waals surface area contributed by atoms with Crippen LogP contribution in [0.5, 0.6) is 0 Å². The highest BCUT2D eigenvalue weighted by molar-refractivity contribution is 6.32. The first kappa shape index (κ1) is 37.2. The van der Waals surface area contributed by atoms with E-state index in [9.17, 15) is 29.4 Å². The fourth-order valence-corrected chi connectivity index (χ4v) is 7.48. The largest absolute Gasteiger partial charge is 0.481 e. The van der Waals surface area contributed by atoms with Gasteiger partial charge >= 0.3 is 17.9 Å². The lowest BCUT2D eigenvalue weighted by atomic mass is 9.81. The predicted octanol–water partition coefficient (Wildman–Crippen LogP) is 7.36. The van der Waals surface area contributed by atoms with Gasteiger partial charge in [-0.3, -0.25) is 14.4 Å². The number of nitrogens with zero attached hydrogens (tertiary/aromatic N) is 2. The van der Waals surface area contributed by atoms with E-state index in [2.05, 4.69) is 54.9 Å². The molecule has 0 bridgehead atoms. The van der Waals surface area contributed by atoms with Crippen LogP contribution in [-0.4, -0.2) is 68.6 Å². The highest BCUT2D eigenvalue weighted by Gasteiger charge is 2.41. The molecule has 10 nitrogen and oxygen atoms in total. The summed E-state index contributed by atoms with van der Waals surface area (Å²) in [6.45, 7) is 9.29. The normalized spacial score (nSPS) is 16.3. The zero-order valence-corrected chi connectivity index (χ0v) is 30.2. The van der Waals surface area contributed by atoms with Crippen molar-refractivity contribution in [3.8, 4) is 0 Å². The molecule has 2 aliphatic rings. The van der Waals surface area contributed by atoms with E-state index in [-0.39, 0.29) is 24.8 Å². The molecule has 4 N–H and O–H groups in total. The Morgan fingerprint density at radius 3 is 2.17 bits per heavy atom. The molecule has 54 heavy (non-hydrogen) atoms. The first-order valence-electron chi connectivity index (χ1n) is 17.7. The Bertz CT molecular complexity index is 2360. The van der Waals surface area contributed by atoms with Crippen LogP contribution < -0.4 is 10.2 Å². The molecule has 274 valence electrons. The van der Waals surface area contributed by atoms with E-state index in [1.807, 2.05) is 95.6 Å². The summed E-state index contributed by atoms with van der Waals surface area (Å²) in [5.41, 5.74) is 6.19. The van der Waals surface area contributed by atoms with Gasteiger partial charge in [0.05, 0.1) is 30.4 Å². The molecule has 2 heterocycles. The summed E-state index contributed by atoms with van der Waals surface area (Å²) in [5.74, 6) is -4.16. The van der Waals surface area contributed by atoms with Crippen molar-refractivity contribution in [3.05, 3.63) is 139 Å². The number of amides is 1. The van der Waals surface area contributed by atoms with Gasteiger partial charge in [-0.2, -0.15) is 4.58 Å². The number of anilines is 1. The van der Waals surface area contributed by atoms with Crippen molar-refractivity contribution in [1.29, 1.82) is 0 Å². The number of rotatable bonds is 14. The van der Waals surface area contributed by atoms with Crippen LogP contribution >= 0.6 is 0 Å². The second-order valence-corrected chi connectivity index (χ2v) is 13.8. The van der Waals surface area contributed by atoms with Gasteiger partial charge in [-0.15, -0.1) is 0 Å². The van der Waals surface area contributed by atoms with Gasteiger partial charge in [0.1, 0.15) is 6.04 Å². The van der Waals surface area contributed by atoms with E-state index in [0.29, 0.717) is 6.54 Å². The Hall–Kier alpha value is -6.55. The molecule has 1 atom stereocenters. The fraction of sp³-hybridized carbons (Fsp3) is 0.205. The van der Waals surface area contributed by atoms with E-state index in [4.69, 9.17) is 5.11 Å². The maximum Gasteiger partial charge on any atom is 0.326 e. The van der Waals surface area contributed by atoms with Gasteiger partial charge in [0, 0.05) is 35.5 Å². The second kappa shape index (κ2) is 15.6. The SMILES string of the molecule is C=C1C(/C=C/C=C/C=C/C=C2/N(CCC(=O)O)c3ccc4ccccc4c3C2(C)C)=[N+](CCC(=O)NC(CC(=O)O)C(=O)O)c2ccc3ccccc3c21. The van der Waals surface area contributed by atoms with Crippen molar-refractivity contribution in [2.45, 2.75) is 44.6 Å². The van der Waals surface area contributed by atoms with Crippen molar-refractivity contribution in [1.82, 2.24) is 5.32 Å². The standard InChI is InChI=1S/C44H41N3O7/c1-28-34(46(25-23-38(48)45-33(43(53)54)27-40(51)52)35-21-19-29-13-9-11-15-31(29)41(28)35)17-7-5-4-6-8-18-37-44(2,3)42-32-16-12-10-14-30(32)20-22-36(42)47(37)26-24-39(49)50/h4-22,33H,1,23-27H2,2-3H3,(H3-,45,48,49,50,51,52,53,54)/p+1. The summed E-state index contributed by atoms with van der Waals surface area (Å²) >= 11 is 0. The lowest BCUT2D eigenvalue weighted by Gasteiger charge is -2.26. The average molecular weight is 725 g/mol. The van der Waals surface area contributed by atoms with Crippen LogP contribution in [-0.2, 0) is 24.6 Å². The third-order valence-electron chi connectivity index (χ3n) is 9.93. The van der Waals surface area contributed by atoms with Gasteiger partial charge < -0.3 is 25.5 Å². The highest BCUT2D eigenvalue weighted by atomic mass is 16.4. The maximum absolute atomic E-state index is 12.8. The van der Waals surface area contributed by atoms with Gasteiger partial charge in [0.2, 0.25) is 17.3 Å². The summed E-state index contributed by atoms with van der Waals surface area (Å²) in [5, 5.41) is 34.6. The van der Waals surface area contributed by atoms with Crippen molar-refractivity contribution in [2.24, 2.45) is 0 Å². The fourth-order valence-electron chi connectivity index (χ4n) is 7.48. The number of carbonyl (C=O) groups excluding carboxylic acids is 1. The lowest BCUT2D eigenvalue weighted by Crippen LogP contribution is -2.42. The van der Waals surface area contributed by atoms with Crippen LogP contribution in [0.2, 0.25) is 0 Å². The number of carbonyl (C=O) groups is 4. The van der Waals surface area contributed by atoms with Crippen molar-refractivity contribution in [3.63, 3.8) is 0 Å². The van der Waals surface area contributed by atoms with E-state index < -0.39 is 36.3 Å². The van der Waals surface area contributed by atoms with Crippen molar-refractivity contribution >= 4 is 68.0 Å². The van der Waals surface area contributed by atoms with Crippen LogP contribution in [0.4, 0.5) is 11.4 Å². The second-order valence-electron chi connectivity index (χ2n) is 13.8. The highest BCUT2D eigenvalue weighted by Crippen LogP contribution is 2.50. The van der Waals surface area contributed by atoms with Crippen LogP contribution in [0.1, 0.15) is 44.2 Å².